The minimum Gasteiger partial charge on any atom is -0.408 e. The van der Waals surface area contributed by atoms with E-state index in [1.165, 1.54) is 0 Å². The number of hydrogen-bond donors (Lipinski definition) is 2. The van der Waals surface area contributed by atoms with Gasteiger partial charge < -0.3 is 9.73 Å². The highest BCUT2D eigenvalue weighted by Gasteiger charge is 2.32. The number of fused-ring (bicyclic) bond motifs is 1. The molecule has 130 valence electrons. The van der Waals surface area contributed by atoms with Crippen molar-refractivity contribution in [2.45, 2.75) is 39.2 Å². The van der Waals surface area contributed by atoms with Crippen LogP contribution in [0.5, 0.6) is 0 Å². The van der Waals surface area contributed by atoms with E-state index in [0.717, 1.165) is 25.1 Å². The van der Waals surface area contributed by atoms with E-state index in [0.29, 0.717) is 34.2 Å². The Labute approximate surface area is 144 Å². The van der Waals surface area contributed by atoms with Crippen LogP contribution in [-0.4, -0.2) is 20.7 Å². The topological polar surface area (TPSA) is 92.9 Å². The molecule has 25 heavy (non-hydrogen) atoms. The van der Waals surface area contributed by atoms with Gasteiger partial charge in [0.05, 0.1) is 23.0 Å². The van der Waals surface area contributed by atoms with E-state index in [4.69, 9.17) is 4.42 Å². The largest absolute Gasteiger partial charge is 0.417 e. The molecule has 0 atom stereocenters. The number of H-pyrrole nitrogens is 1. The third kappa shape index (κ3) is 3.09. The predicted molar refractivity (Wildman–Crippen MR) is 93.8 cm³/mol. The molecule has 1 aromatic carbocycles. The molecule has 1 fully saturated rings. The number of anilines is 1. The Morgan fingerprint density at radius 2 is 2.24 bits per heavy atom. The first kappa shape index (κ1) is 15.7. The number of rotatable bonds is 5. The molecule has 0 saturated heterocycles. The van der Waals surface area contributed by atoms with E-state index in [9.17, 15) is 9.59 Å². The molecule has 7 nitrogen and oxygen atoms in total. The number of nitrogens with one attached hydrogen (secondary N) is 2. The van der Waals surface area contributed by atoms with Crippen LogP contribution in [0.15, 0.2) is 33.6 Å². The lowest BCUT2D eigenvalue weighted by molar-refractivity contribution is 0.102. The van der Waals surface area contributed by atoms with Gasteiger partial charge in [0.15, 0.2) is 5.58 Å². The van der Waals surface area contributed by atoms with E-state index in [2.05, 4.69) is 29.2 Å². The number of carbonyl (C=O) groups excluding carboxylic acids is 1. The molecule has 2 heterocycles. The van der Waals surface area contributed by atoms with E-state index < -0.39 is 5.76 Å². The minimum absolute atomic E-state index is 0.179. The van der Waals surface area contributed by atoms with Gasteiger partial charge >= 0.3 is 5.76 Å². The normalized spacial score (nSPS) is 14.4. The Balaban J connectivity index is 1.61. The quantitative estimate of drug-likeness (QED) is 0.746. The first-order chi connectivity index (χ1) is 12.0. The summed E-state index contributed by atoms with van der Waals surface area (Å²) in [5.41, 5.74) is 3.29. The summed E-state index contributed by atoms with van der Waals surface area (Å²) in [4.78, 5) is 26.6. The molecule has 1 amide bonds. The second-order valence-corrected chi connectivity index (χ2v) is 6.97. The number of aromatic nitrogens is 3. The highest BCUT2D eigenvalue weighted by atomic mass is 16.4. The monoisotopic (exact) mass is 340 g/mol. The third-order valence-electron chi connectivity index (χ3n) is 4.30. The van der Waals surface area contributed by atoms with Gasteiger partial charge in [-0.1, -0.05) is 13.8 Å². The molecule has 2 N–H and O–H groups in total. The van der Waals surface area contributed by atoms with Crippen LogP contribution in [0.1, 0.15) is 48.7 Å². The van der Waals surface area contributed by atoms with Gasteiger partial charge in [0.2, 0.25) is 0 Å². The molecular formula is C18H20N4O3. The van der Waals surface area contributed by atoms with E-state index in [1.807, 2.05) is 4.68 Å². The summed E-state index contributed by atoms with van der Waals surface area (Å²) in [5.74, 6) is 0.204. The SMILES string of the molecule is CC(C)Cn1ncc(C(=O)Nc2ccc3oc(=O)[nH]c3c2)c1C1CC1. The van der Waals surface area contributed by atoms with Crippen molar-refractivity contribution >= 4 is 22.7 Å². The van der Waals surface area contributed by atoms with Crippen LogP contribution in [0.25, 0.3) is 11.1 Å². The molecule has 1 saturated carbocycles. The van der Waals surface area contributed by atoms with E-state index >= 15 is 0 Å². The Kier molecular flexibility index (Phi) is 3.71. The van der Waals surface area contributed by atoms with Crippen LogP contribution < -0.4 is 11.1 Å². The zero-order valence-corrected chi connectivity index (χ0v) is 14.2. The van der Waals surface area contributed by atoms with Crippen molar-refractivity contribution in [1.82, 2.24) is 14.8 Å². The summed E-state index contributed by atoms with van der Waals surface area (Å²) in [7, 11) is 0. The van der Waals surface area contributed by atoms with Gasteiger partial charge in [0.25, 0.3) is 5.91 Å². The molecule has 0 aliphatic heterocycles. The van der Waals surface area contributed by atoms with Gasteiger partial charge in [-0.15, -0.1) is 0 Å². The van der Waals surface area contributed by atoms with Gasteiger partial charge in [0.1, 0.15) is 0 Å². The lowest BCUT2D eigenvalue weighted by atomic mass is 10.1. The molecule has 4 rings (SSSR count). The van der Waals surface area contributed by atoms with Crippen LogP contribution in [0, 0.1) is 5.92 Å². The molecule has 0 bridgehead atoms. The molecule has 0 spiro atoms. The van der Waals surface area contributed by atoms with Gasteiger partial charge in [0, 0.05) is 18.2 Å². The molecule has 2 aromatic heterocycles. The first-order valence-corrected chi connectivity index (χ1v) is 8.51. The van der Waals surface area contributed by atoms with Crippen molar-refractivity contribution in [2.24, 2.45) is 5.92 Å². The lowest BCUT2D eigenvalue weighted by Gasteiger charge is -2.11. The number of aromatic amines is 1. The zero-order valence-electron chi connectivity index (χ0n) is 14.2. The average Bonchev–Trinajstić information content (AvgIpc) is 3.19. The molecule has 0 unspecified atom stereocenters. The summed E-state index contributed by atoms with van der Waals surface area (Å²) in [6, 6.07) is 5.06. The second kappa shape index (κ2) is 5.91. The van der Waals surface area contributed by atoms with E-state index in [-0.39, 0.29) is 5.91 Å². The fourth-order valence-corrected chi connectivity index (χ4v) is 3.08. The molecule has 7 heteroatoms. The highest BCUT2D eigenvalue weighted by molar-refractivity contribution is 6.05. The van der Waals surface area contributed by atoms with Crippen molar-refractivity contribution in [1.29, 1.82) is 0 Å². The summed E-state index contributed by atoms with van der Waals surface area (Å²) < 4.78 is 6.94. The second-order valence-electron chi connectivity index (χ2n) is 6.97. The smallest absolute Gasteiger partial charge is 0.408 e. The first-order valence-electron chi connectivity index (χ1n) is 8.51. The van der Waals surface area contributed by atoms with Gasteiger partial charge in [-0.2, -0.15) is 5.10 Å². The van der Waals surface area contributed by atoms with Crippen molar-refractivity contribution in [3.8, 4) is 0 Å². The molecule has 1 aliphatic carbocycles. The van der Waals surface area contributed by atoms with Crippen molar-refractivity contribution in [2.75, 3.05) is 5.32 Å². The number of carbonyl (C=O) groups is 1. The molecule has 1 aliphatic rings. The van der Waals surface area contributed by atoms with Crippen LogP contribution >= 0.6 is 0 Å². The Hall–Kier alpha value is -2.83. The number of amides is 1. The Morgan fingerprint density at radius 3 is 2.96 bits per heavy atom. The summed E-state index contributed by atoms with van der Waals surface area (Å²) >= 11 is 0. The van der Waals surface area contributed by atoms with Gasteiger partial charge in [-0.25, -0.2) is 4.79 Å². The predicted octanol–water partition coefficient (Wildman–Crippen LogP) is 3.10. The maximum atomic E-state index is 12.7. The van der Waals surface area contributed by atoms with Crippen molar-refractivity contribution in [3.63, 3.8) is 0 Å². The summed E-state index contributed by atoms with van der Waals surface area (Å²) in [6.45, 7) is 5.08. The lowest BCUT2D eigenvalue weighted by Crippen LogP contribution is -2.15. The molecule has 0 radical (unpaired) electrons. The van der Waals surface area contributed by atoms with Gasteiger partial charge in [-0.3, -0.25) is 14.5 Å². The zero-order chi connectivity index (χ0) is 17.6. The minimum atomic E-state index is -0.510. The fraction of sp³-hybridized carbons (Fsp3) is 0.389. The molecular weight excluding hydrogens is 320 g/mol. The van der Waals surface area contributed by atoms with Crippen LogP contribution in [0.3, 0.4) is 0 Å². The summed E-state index contributed by atoms with van der Waals surface area (Å²) in [5, 5.41) is 7.32. The third-order valence-corrected chi connectivity index (χ3v) is 4.30. The van der Waals surface area contributed by atoms with Crippen molar-refractivity contribution in [3.05, 3.63) is 46.2 Å². The number of nitrogens with zero attached hydrogens (tertiary/aromatic N) is 2. The number of benzene rings is 1. The highest BCUT2D eigenvalue weighted by Crippen LogP contribution is 2.42. The maximum absolute atomic E-state index is 12.7. The Morgan fingerprint density at radius 1 is 1.44 bits per heavy atom. The van der Waals surface area contributed by atoms with Crippen LogP contribution in [0.2, 0.25) is 0 Å². The van der Waals surface area contributed by atoms with E-state index in [1.54, 1.807) is 24.4 Å². The molecule has 3 aromatic rings. The Bertz CT molecular complexity index is 991. The van der Waals surface area contributed by atoms with Gasteiger partial charge in [-0.05, 0) is 37.0 Å². The van der Waals surface area contributed by atoms with Crippen LogP contribution in [-0.2, 0) is 6.54 Å². The fourth-order valence-electron chi connectivity index (χ4n) is 3.08. The summed E-state index contributed by atoms with van der Waals surface area (Å²) in [6.07, 6.45) is 3.86. The average molecular weight is 340 g/mol. The van der Waals surface area contributed by atoms with Crippen LogP contribution in [0.4, 0.5) is 5.69 Å². The number of oxazole rings is 1. The number of hydrogen-bond acceptors (Lipinski definition) is 4. The standard InChI is InChI=1S/C18H20N4O3/c1-10(2)9-22-16(11-3-4-11)13(8-19-22)17(23)20-12-5-6-15-14(7-12)21-18(24)25-15/h5-8,10-11H,3-4,9H2,1-2H3,(H,20,23)(H,21,24). The maximum Gasteiger partial charge on any atom is 0.417 e. The van der Waals surface area contributed by atoms with Crippen molar-refractivity contribution < 1.29 is 9.21 Å².